The maximum absolute atomic E-state index is 12.3. The van der Waals surface area contributed by atoms with E-state index in [1.165, 1.54) is 0 Å². The van der Waals surface area contributed by atoms with E-state index < -0.39 is 0 Å². The molecule has 1 aromatic heterocycles. The zero-order valence-corrected chi connectivity index (χ0v) is 15.1. The van der Waals surface area contributed by atoms with Crippen molar-refractivity contribution in [3.63, 3.8) is 0 Å². The van der Waals surface area contributed by atoms with Crippen LogP contribution in [0.5, 0.6) is 11.5 Å². The average molecular weight is 350 g/mol. The number of benzene rings is 2. The van der Waals surface area contributed by atoms with Gasteiger partial charge in [0.15, 0.2) is 0 Å². The van der Waals surface area contributed by atoms with Gasteiger partial charge in [0, 0.05) is 5.56 Å². The molecule has 2 aromatic carbocycles. The molecule has 1 heterocycles. The first kappa shape index (κ1) is 16.7. The molecular formula is C22H22O4. The molecule has 0 amide bonds. The molecule has 0 aliphatic heterocycles. The van der Waals surface area contributed by atoms with Gasteiger partial charge in [0.05, 0.1) is 12.5 Å². The van der Waals surface area contributed by atoms with Crippen LogP contribution in [0, 0.1) is 6.92 Å². The fourth-order valence-corrected chi connectivity index (χ4v) is 3.70. The van der Waals surface area contributed by atoms with Gasteiger partial charge in [0.25, 0.3) is 0 Å². The largest absolute Gasteiger partial charge is 0.497 e. The Morgan fingerprint density at radius 2 is 1.88 bits per heavy atom. The van der Waals surface area contributed by atoms with Gasteiger partial charge in [0.2, 0.25) is 0 Å². The summed E-state index contributed by atoms with van der Waals surface area (Å²) >= 11 is 0. The minimum atomic E-state index is -0.198. The number of ether oxygens (including phenoxy) is 2. The monoisotopic (exact) mass is 350 g/mol. The van der Waals surface area contributed by atoms with Crippen molar-refractivity contribution in [2.45, 2.75) is 39.2 Å². The Morgan fingerprint density at radius 1 is 1.08 bits per heavy atom. The summed E-state index contributed by atoms with van der Waals surface area (Å²) in [5.74, 6) is 1.59. The lowest BCUT2D eigenvalue weighted by Gasteiger charge is -2.19. The number of rotatable bonds is 4. The molecule has 4 rings (SSSR count). The molecule has 0 N–H and O–H groups in total. The van der Waals surface area contributed by atoms with E-state index in [0.717, 1.165) is 64.8 Å². The van der Waals surface area contributed by atoms with Crippen LogP contribution in [0.15, 0.2) is 45.6 Å². The van der Waals surface area contributed by atoms with Crippen molar-refractivity contribution in [2.75, 3.05) is 7.11 Å². The second kappa shape index (κ2) is 6.87. The van der Waals surface area contributed by atoms with E-state index in [4.69, 9.17) is 13.9 Å². The SMILES string of the molecule is COc1cccc(COc2cc(C)cc3oc(=O)c4c(c23)CCCC4)c1. The van der Waals surface area contributed by atoms with Crippen LogP contribution in [-0.4, -0.2) is 7.11 Å². The maximum Gasteiger partial charge on any atom is 0.339 e. The number of hydrogen-bond donors (Lipinski definition) is 0. The smallest absolute Gasteiger partial charge is 0.339 e. The first-order valence-electron chi connectivity index (χ1n) is 9.00. The third-order valence-corrected chi connectivity index (χ3v) is 4.96. The Morgan fingerprint density at radius 3 is 2.69 bits per heavy atom. The van der Waals surface area contributed by atoms with Crippen molar-refractivity contribution < 1.29 is 13.9 Å². The van der Waals surface area contributed by atoms with Crippen LogP contribution in [0.25, 0.3) is 11.0 Å². The van der Waals surface area contributed by atoms with Crippen LogP contribution >= 0.6 is 0 Å². The second-order valence-electron chi connectivity index (χ2n) is 6.83. The van der Waals surface area contributed by atoms with E-state index in [1.807, 2.05) is 43.3 Å². The van der Waals surface area contributed by atoms with E-state index in [1.54, 1.807) is 7.11 Å². The first-order chi connectivity index (χ1) is 12.7. The van der Waals surface area contributed by atoms with Crippen molar-refractivity contribution in [2.24, 2.45) is 0 Å². The van der Waals surface area contributed by atoms with Gasteiger partial charge in [-0.3, -0.25) is 0 Å². The number of methoxy groups -OCH3 is 1. The van der Waals surface area contributed by atoms with Crippen molar-refractivity contribution in [1.82, 2.24) is 0 Å². The van der Waals surface area contributed by atoms with E-state index in [0.29, 0.717) is 12.2 Å². The zero-order chi connectivity index (χ0) is 18.1. The molecule has 0 saturated carbocycles. The van der Waals surface area contributed by atoms with Crippen LogP contribution in [0.4, 0.5) is 0 Å². The molecule has 4 nitrogen and oxygen atoms in total. The maximum atomic E-state index is 12.3. The summed E-state index contributed by atoms with van der Waals surface area (Å²) < 4.78 is 17.1. The molecule has 0 unspecified atom stereocenters. The third kappa shape index (κ3) is 3.07. The van der Waals surface area contributed by atoms with E-state index in [-0.39, 0.29) is 5.63 Å². The molecule has 4 heteroatoms. The number of hydrogen-bond acceptors (Lipinski definition) is 4. The summed E-state index contributed by atoms with van der Waals surface area (Å²) in [6, 6.07) is 11.8. The Kier molecular flexibility index (Phi) is 4.41. The molecule has 0 fully saturated rings. The molecule has 0 saturated heterocycles. The molecule has 1 aliphatic rings. The lowest BCUT2D eigenvalue weighted by molar-refractivity contribution is 0.308. The van der Waals surface area contributed by atoms with Gasteiger partial charge >= 0.3 is 5.63 Å². The molecule has 0 radical (unpaired) electrons. The number of fused-ring (bicyclic) bond motifs is 3. The van der Waals surface area contributed by atoms with E-state index in [2.05, 4.69) is 0 Å². The Bertz CT molecular complexity index is 1020. The fourth-order valence-electron chi connectivity index (χ4n) is 3.70. The average Bonchev–Trinajstić information content (AvgIpc) is 2.66. The van der Waals surface area contributed by atoms with E-state index in [9.17, 15) is 4.79 Å². The summed E-state index contributed by atoms with van der Waals surface area (Å²) in [6.45, 7) is 2.42. The summed E-state index contributed by atoms with van der Waals surface area (Å²) in [5.41, 5.74) is 4.39. The quantitative estimate of drug-likeness (QED) is 0.647. The van der Waals surface area contributed by atoms with Gasteiger partial charge in [-0.15, -0.1) is 0 Å². The van der Waals surface area contributed by atoms with Gasteiger partial charge < -0.3 is 13.9 Å². The first-order valence-corrected chi connectivity index (χ1v) is 9.00. The normalized spacial score (nSPS) is 13.5. The summed E-state index contributed by atoms with van der Waals surface area (Å²) in [6.07, 6.45) is 3.82. The highest BCUT2D eigenvalue weighted by atomic mass is 16.5. The van der Waals surface area contributed by atoms with Crippen molar-refractivity contribution in [3.8, 4) is 11.5 Å². The number of aryl methyl sites for hydroxylation is 2. The highest BCUT2D eigenvalue weighted by molar-refractivity contribution is 5.88. The second-order valence-corrected chi connectivity index (χ2v) is 6.83. The highest BCUT2D eigenvalue weighted by Crippen LogP contribution is 2.35. The van der Waals surface area contributed by atoms with Gasteiger partial charge in [-0.2, -0.15) is 0 Å². The van der Waals surface area contributed by atoms with Crippen LogP contribution < -0.4 is 15.1 Å². The van der Waals surface area contributed by atoms with Crippen molar-refractivity contribution >= 4 is 11.0 Å². The highest BCUT2D eigenvalue weighted by Gasteiger charge is 2.21. The predicted molar refractivity (Wildman–Crippen MR) is 101 cm³/mol. The minimum absolute atomic E-state index is 0.198. The standard InChI is InChI=1S/C22H22O4/c1-14-10-19(25-13-15-6-5-7-16(12-15)24-2)21-17-8-3-4-9-18(17)22(23)26-20(21)11-14/h5-7,10-12H,3-4,8-9,13H2,1-2H3. The summed E-state index contributed by atoms with van der Waals surface area (Å²) in [4.78, 5) is 12.3. The van der Waals surface area contributed by atoms with Crippen LogP contribution in [0.2, 0.25) is 0 Å². The molecular weight excluding hydrogens is 328 g/mol. The lowest BCUT2D eigenvalue weighted by Crippen LogP contribution is -2.16. The molecule has 0 spiro atoms. The molecule has 134 valence electrons. The molecule has 0 bridgehead atoms. The molecule has 1 aliphatic carbocycles. The van der Waals surface area contributed by atoms with Crippen molar-refractivity contribution in [1.29, 1.82) is 0 Å². The van der Waals surface area contributed by atoms with Gasteiger partial charge in [-0.25, -0.2) is 4.79 Å². The van der Waals surface area contributed by atoms with Crippen LogP contribution in [0.3, 0.4) is 0 Å². The van der Waals surface area contributed by atoms with Crippen LogP contribution in [-0.2, 0) is 19.4 Å². The Balaban J connectivity index is 1.77. The van der Waals surface area contributed by atoms with Gasteiger partial charge in [0.1, 0.15) is 23.7 Å². The Labute approximate surface area is 152 Å². The minimum Gasteiger partial charge on any atom is -0.497 e. The van der Waals surface area contributed by atoms with E-state index >= 15 is 0 Å². The lowest BCUT2D eigenvalue weighted by atomic mass is 9.90. The fraction of sp³-hybridized carbons (Fsp3) is 0.318. The summed E-state index contributed by atoms with van der Waals surface area (Å²) in [7, 11) is 1.66. The van der Waals surface area contributed by atoms with Crippen molar-refractivity contribution in [3.05, 3.63) is 69.1 Å². The summed E-state index contributed by atoms with van der Waals surface area (Å²) in [5, 5.41) is 0.952. The third-order valence-electron chi connectivity index (χ3n) is 4.96. The zero-order valence-electron chi connectivity index (χ0n) is 15.1. The van der Waals surface area contributed by atoms with Gasteiger partial charge in [-0.05, 0) is 73.6 Å². The molecule has 26 heavy (non-hydrogen) atoms. The van der Waals surface area contributed by atoms with Crippen LogP contribution in [0.1, 0.15) is 35.1 Å². The molecule has 3 aromatic rings. The van der Waals surface area contributed by atoms with Gasteiger partial charge in [-0.1, -0.05) is 12.1 Å². The topological polar surface area (TPSA) is 48.7 Å². The molecule has 0 atom stereocenters. The predicted octanol–water partition coefficient (Wildman–Crippen LogP) is 4.57. The Hall–Kier alpha value is -2.75.